The zero-order valence-electron chi connectivity index (χ0n) is 10.1. The van der Waals surface area contributed by atoms with Gasteiger partial charge in [0.2, 0.25) is 5.91 Å². The second-order valence-corrected chi connectivity index (χ2v) is 4.22. The Kier molecular flexibility index (Phi) is 5.87. The number of amides is 1. The fourth-order valence-electron chi connectivity index (χ4n) is 1.99. The molecule has 90 valence electrons. The van der Waals surface area contributed by atoms with Gasteiger partial charge in [-0.3, -0.25) is 9.69 Å². The monoisotopic (exact) mass is 223 g/mol. The van der Waals surface area contributed by atoms with Crippen LogP contribution in [0.4, 0.5) is 0 Å². The molecular weight excluding hydrogens is 202 g/mol. The quantitative estimate of drug-likeness (QED) is 0.704. The highest BCUT2D eigenvalue weighted by atomic mass is 16.2. The standard InChI is InChI=1S/C12H21N3O/c1-2-14(8-6-7-13)11-12(16)15-9-4-3-5-10-15/h2-6,8-11H2,1H3. The molecule has 0 unspecified atom stereocenters. The molecule has 0 aromatic rings. The number of hydrogen-bond acceptors (Lipinski definition) is 3. The van der Waals surface area contributed by atoms with Crippen molar-refractivity contribution in [3.05, 3.63) is 0 Å². The van der Waals surface area contributed by atoms with Gasteiger partial charge in [0, 0.05) is 26.1 Å². The van der Waals surface area contributed by atoms with E-state index in [4.69, 9.17) is 5.26 Å². The van der Waals surface area contributed by atoms with Crippen LogP contribution in [-0.2, 0) is 4.79 Å². The maximum absolute atomic E-state index is 11.9. The largest absolute Gasteiger partial charge is 0.342 e. The lowest BCUT2D eigenvalue weighted by molar-refractivity contribution is -0.133. The Balaban J connectivity index is 2.32. The number of hydrogen-bond donors (Lipinski definition) is 0. The van der Waals surface area contributed by atoms with Crippen molar-refractivity contribution in [1.82, 2.24) is 9.80 Å². The molecule has 16 heavy (non-hydrogen) atoms. The minimum absolute atomic E-state index is 0.222. The predicted octanol–water partition coefficient (Wildman–Crippen LogP) is 1.23. The third-order valence-corrected chi connectivity index (χ3v) is 3.05. The average Bonchev–Trinajstić information content (AvgIpc) is 2.35. The molecule has 1 aliphatic heterocycles. The van der Waals surface area contributed by atoms with Crippen molar-refractivity contribution in [3.63, 3.8) is 0 Å². The molecule has 4 heteroatoms. The summed E-state index contributed by atoms with van der Waals surface area (Å²) in [6.07, 6.45) is 4.02. The third-order valence-electron chi connectivity index (χ3n) is 3.05. The van der Waals surface area contributed by atoms with Crippen LogP contribution in [0.1, 0.15) is 32.6 Å². The van der Waals surface area contributed by atoms with Gasteiger partial charge in [-0.15, -0.1) is 0 Å². The minimum Gasteiger partial charge on any atom is -0.342 e. The topological polar surface area (TPSA) is 47.3 Å². The molecule has 0 spiro atoms. The summed E-state index contributed by atoms with van der Waals surface area (Å²) in [6.45, 7) is 5.86. The highest BCUT2D eigenvalue weighted by Crippen LogP contribution is 2.09. The number of carbonyl (C=O) groups excluding carboxylic acids is 1. The normalized spacial score (nSPS) is 16.2. The zero-order chi connectivity index (χ0) is 11.8. The molecule has 1 amide bonds. The van der Waals surface area contributed by atoms with Crippen LogP contribution >= 0.6 is 0 Å². The smallest absolute Gasteiger partial charge is 0.236 e. The molecule has 4 nitrogen and oxygen atoms in total. The first-order chi connectivity index (χ1) is 7.77. The SMILES string of the molecule is CCN(CCC#N)CC(=O)N1CCCCC1. The molecule has 1 aliphatic rings. The van der Waals surface area contributed by atoms with Crippen molar-refractivity contribution < 1.29 is 4.79 Å². The van der Waals surface area contributed by atoms with E-state index < -0.39 is 0 Å². The molecule has 0 aliphatic carbocycles. The van der Waals surface area contributed by atoms with Crippen LogP contribution in [0.5, 0.6) is 0 Å². The molecule has 1 heterocycles. The molecular formula is C12H21N3O. The van der Waals surface area contributed by atoms with Crippen LogP contribution in [0.15, 0.2) is 0 Å². The van der Waals surface area contributed by atoms with E-state index in [0.29, 0.717) is 19.5 Å². The Labute approximate surface area is 97.8 Å². The van der Waals surface area contributed by atoms with Crippen LogP contribution in [0.3, 0.4) is 0 Å². The number of likely N-dealkylation sites (tertiary alicyclic amines) is 1. The first-order valence-corrected chi connectivity index (χ1v) is 6.15. The number of carbonyl (C=O) groups is 1. The molecule has 0 atom stereocenters. The van der Waals surface area contributed by atoms with E-state index in [1.165, 1.54) is 6.42 Å². The Morgan fingerprint density at radius 3 is 2.62 bits per heavy atom. The predicted molar refractivity (Wildman–Crippen MR) is 62.8 cm³/mol. The summed E-state index contributed by atoms with van der Waals surface area (Å²) >= 11 is 0. The number of piperidine rings is 1. The molecule has 1 rings (SSSR count). The van der Waals surface area contributed by atoms with Gasteiger partial charge in [-0.25, -0.2) is 0 Å². The van der Waals surface area contributed by atoms with E-state index in [-0.39, 0.29) is 5.91 Å². The summed E-state index contributed by atoms with van der Waals surface area (Å²) in [5.74, 6) is 0.222. The number of nitriles is 1. The fourth-order valence-corrected chi connectivity index (χ4v) is 1.99. The molecule has 0 bridgehead atoms. The van der Waals surface area contributed by atoms with Crippen molar-refractivity contribution in [1.29, 1.82) is 5.26 Å². The van der Waals surface area contributed by atoms with Gasteiger partial charge >= 0.3 is 0 Å². The second kappa shape index (κ2) is 7.24. The van der Waals surface area contributed by atoms with Crippen LogP contribution in [0, 0.1) is 11.3 Å². The highest BCUT2D eigenvalue weighted by molar-refractivity contribution is 5.78. The molecule has 1 saturated heterocycles. The molecule has 1 fully saturated rings. The van der Waals surface area contributed by atoms with Gasteiger partial charge in [0.15, 0.2) is 0 Å². The number of nitrogens with zero attached hydrogens (tertiary/aromatic N) is 3. The van der Waals surface area contributed by atoms with Gasteiger partial charge in [-0.05, 0) is 25.8 Å². The fraction of sp³-hybridized carbons (Fsp3) is 0.833. The van der Waals surface area contributed by atoms with Gasteiger partial charge in [0.25, 0.3) is 0 Å². The van der Waals surface area contributed by atoms with Crippen LogP contribution in [0.25, 0.3) is 0 Å². The first-order valence-electron chi connectivity index (χ1n) is 6.15. The van der Waals surface area contributed by atoms with Crippen molar-refractivity contribution in [2.24, 2.45) is 0 Å². The van der Waals surface area contributed by atoms with Crippen molar-refractivity contribution in [3.8, 4) is 6.07 Å². The van der Waals surface area contributed by atoms with Crippen molar-refractivity contribution >= 4 is 5.91 Å². The number of likely N-dealkylation sites (N-methyl/N-ethyl adjacent to an activating group) is 1. The summed E-state index contributed by atoms with van der Waals surface area (Å²) in [5, 5.41) is 8.52. The minimum atomic E-state index is 0.222. The van der Waals surface area contributed by atoms with Gasteiger partial charge in [0.1, 0.15) is 0 Å². The summed E-state index contributed by atoms with van der Waals surface area (Å²) < 4.78 is 0. The maximum atomic E-state index is 11.9. The third kappa shape index (κ3) is 4.19. The van der Waals surface area contributed by atoms with Crippen LogP contribution in [0.2, 0.25) is 0 Å². The van der Waals surface area contributed by atoms with E-state index in [1.807, 2.05) is 16.7 Å². The second-order valence-electron chi connectivity index (χ2n) is 4.22. The van der Waals surface area contributed by atoms with Crippen LogP contribution in [-0.4, -0.2) is 48.4 Å². The Morgan fingerprint density at radius 1 is 1.38 bits per heavy atom. The highest BCUT2D eigenvalue weighted by Gasteiger charge is 2.18. The summed E-state index contributed by atoms with van der Waals surface area (Å²) in [4.78, 5) is 15.9. The maximum Gasteiger partial charge on any atom is 0.236 e. The van der Waals surface area contributed by atoms with E-state index in [0.717, 1.165) is 32.5 Å². The van der Waals surface area contributed by atoms with Gasteiger partial charge < -0.3 is 4.90 Å². The summed E-state index contributed by atoms with van der Waals surface area (Å²) in [7, 11) is 0. The summed E-state index contributed by atoms with van der Waals surface area (Å²) in [6, 6.07) is 2.12. The van der Waals surface area contributed by atoms with Crippen molar-refractivity contribution in [2.45, 2.75) is 32.6 Å². The molecule has 0 radical (unpaired) electrons. The summed E-state index contributed by atoms with van der Waals surface area (Å²) in [5.41, 5.74) is 0. The number of rotatable bonds is 5. The molecule has 0 aromatic carbocycles. The Morgan fingerprint density at radius 2 is 2.06 bits per heavy atom. The van der Waals surface area contributed by atoms with E-state index in [2.05, 4.69) is 6.07 Å². The van der Waals surface area contributed by atoms with E-state index in [1.54, 1.807) is 0 Å². The van der Waals surface area contributed by atoms with E-state index >= 15 is 0 Å². The molecule has 0 aromatic heterocycles. The average molecular weight is 223 g/mol. The first kappa shape index (κ1) is 13.0. The Bertz CT molecular complexity index is 253. The van der Waals surface area contributed by atoms with Crippen LogP contribution < -0.4 is 0 Å². The van der Waals surface area contributed by atoms with Crippen molar-refractivity contribution in [2.75, 3.05) is 32.7 Å². The molecule has 0 saturated carbocycles. The zero-order valence-corrected chi connectivity index (χ0v) is 10.1. The van der Waals surface area contributed by atoms with Gasteiger partial charge in [-0.1, -0.05) is 6.92 Å². The lowest BCUT2D eigenvalue weighted by atomic mass is 10.1. The lowest BCUT2D eigenvalue weighted by Gasteiger charge is -2.29. The molecule has 0 N–H and O–H groups in total. The Hall–Kier alpha value is -1.08. The van der Waals surface area contributed by atoms with E-state index in [9.17, 15) is 4.79 Å². The van der Waals surface area contributed by atoms with Gasteiger partial charge in [-0.2, -0.15) is 5.26 Å². The van der Waals surface area contributed by atoms with Gasteiger partial charge in [0.05, 0.1) is 12.6 Å². The lowest BCUT2D eigenvalue weighted by Crippen LogP contribution is -2.42.